The first kappa shape index (κ1) is 16.2. The number of carbonyl (C=O) groups excluding carboxylic acids is 1. The summed E-state index contributed by atoms with van der Waals surface area (Å²) in [6, 6.07) is 2.04. The van der Waals surface area contributed by atoms with Gasteiger partial charge in [0, 0.05) is 30.3 Å². The van der Waals surface area contributed by atoms with Gasteiger partial charge in [0.25, 0.3) is 5.91 Å². The van der Waals surface area contributed by atoms with Crippen molar-refractivity contribution in [1.82, 2.24) is 19.5 Å². The van der Waals surface area contributed by atoms with Crippen LogP contribution >= 0.6 is 0 Å². The van der Waals surface area contributed by atoms with Gasteiger partial charge in [0.15, 0.2) is 11.4 Å². The summed E-state index contributed by atoms with van der Waals surface area (Å²) in [4.78, 5) is 19.8. The number of aromatic nitrogens is 3. The highest BCUT2D eigenvalue weighted by molar-refractivity contribution is 5.96. The standard InChI is InChI=1S/C19H20N4O4/c1-10-6-16-20-8-12-13-5-4-11(7-14(12)23(16)21-10)22(13)19(24)18-17(26-3)15(25-2)9-27-18/h6,8-9,11,13H,4-5,7H2,1-3H3. The van der Waals surface area contributed by atoms with Crippen molar-refractivity contribution in [3.8, 4) is 11.5 Å². The molecule has 3 aromatic rings. The summed E-state index contributed by atoms with van der Waals surface area (Å²) in [5, 5.41) is 4.59. The summed E-state index contributed by atoms with van der Waals surface area (Å²) >= 11 is 0. The number of methoxy groups -OCH3 is 2. The Balaban J connectivity index is 1.57. The van der Waals surface area contributed by atoms with Gasteiger partial charge in [-0.2, -0.15) is 5.10 Å². The highest BCUT2D eigenvalue weighted by Crippen LogP contribution is 2.45. The zero-order chi connectivity index (χ0) is 18.7. The molecule has 0 saturated carbocycles. The van der Waals surface area contributed by atoms with E-state index in [0.717, 1.165) is 41.9 Å². The first-order chi connectivity index (χ1) is 13.1. The second kappa shape index (κ2) is 5.73. The van der Waals surface area contributed by atoms with Crippen molar-refractivity contribution in [3.63, 3.8) is 0 Å². The molecule has 0 radical (unpaired) electrons. The van der Waals surface area contributed by atoms with Crippen molar-refractivity contribution >= 4 is 11.6 Å². The predicted molar refractivity (Wildman–Crippen MR) is 95.2 cm³/mol. The minimum atomic E-state index is -0.176. The summed E-state index contributed by atoms with van der Waals surface area (Å²) < 4.78 is 18.0. The van der Waals surface area contributed by atoms with E-state index in [1.165, 1.54) is 20.5 Å². The minimum absolute atomic E-state index is 0.0338. The van der Waals surface area contributed by atoms with Crippen LogP contribution in [0.15, 0.2) is 22.9 Å². The number of hydrogen-bond donors (Lipinski definition) is 0. The van der Waals surface area contributed by atoms with Gasteiger partial charge in [-0.15, -0.1) is 0 Å². The van der Waals surface area contributed by atoms with Crippen molar-refractivity contribution in [3.05, 3.63) is 41.2 Å². The van der Waals surface area contributed by atoms with Crippen molar-refractivity contribution in [2.75, 3.05) is 14.2 Å². The van der Waals surface area contributed by atoms with E-state index in [2.05, 4.69) is 10.1 Å². The highest BCUT2D eigenvalue weighted by atomic mass is 16.5. The van der Waals surface area contributed by atoms with Gasteiger partial charge < -0.3 is 18.8 Å². The van der Waals surface area contributed by atoms with Crippen molar-refractivity contribution in [2.45, 2.75) is 38.3 Å². The van der Waals surface area contributed by atoms with Gasteiger partial charge in [-0.25, -0.2) is 9.50 Å². The number of amides is 1. The van der Waals surface area contributed by atoms with Gasteiger partial charge >= 0.3 is 0 Å². The maximum Gasteiger partial charge on any atom is 0.294 e. The number of hydrogen-bond acceptors (Lipinski definition) is 6. The van der Waals surface area contributed by atoms with E-state index in [4.69, 9.17) is 13.9 Å². The van der Waals surface area contributed by atoms with Crippen molar-refractivity contribution in [1.29, 1.82) is 0 Å². The molecule has 1 fully saturated rings. The van der Waals surface area contributed by atoms with E-state index in [9.17, 15) is 4.79 Å². The summed E-state index contributed by atoms with van der Waals surface area (Å²) in [6.07, 6.45) is 5.88. The zero-order valence-electron chi connectivity index (χ0n) is 15.4. The molecular weight excluding hydrogens is 348 g/mol. The lowest BCUT2D eigenvalue weighted by Gasteiger charge is -2.35. The molecular formula is C19H20N4O4. The van der Waals surface area contributed by atoms with Gasteiger partial charge in [-0.3, -0.25) is 4.79 Å². The first-order valence-electron chi connectivity index (χ1n) is 8.98. The first-order valence-corrected chi connectivity index (χ1v) is 8.98. The van der Waals surface area contributed by atoms with E-state index in [1.54, 1.807) is 0 Å². The number of ether oxygens (including phenoxy) is 2. The number of nitrogens with zero attached hydrogens (tertiary/aromatic N) is 4. The Kier molecular flexibility index (Phi) is 3.43. The predicted octanol–water partition coefficient (Wildman–Crippen LogP) is 2.55. The summed E-state index contributed by atoms with van der Waals surface area (Å²) in [5.41, 5.74) is 4.00. The Morgan fingerprint density at radius 3 is 2.93 bits per heavy atom. The quantitative estimate of drug-likeness (QED) is 0.707. The van der Waals surface area contributed by atoms with Crippen LogP contribution in [-0.4, -0.2) is 45.7 Å². The van der Waals surface area contributed by atoms with Crippen molar-refractivity contribution < 1.29 is 18.7 Å². The SMILES string of the molecule is COc1coc(C(=O)N2C3CCC2c2cnc4cc(C)nn4c2C3)c1OC. The normalized spacial score (nSPS) is 20.8. The third-order valence-corrected chi connectivity index (χ3v) is 5.59. The molecule has 0 aliphatic carbocycles. The Morgan fingerprint density at radius 1 is 1.30 bits per heavy atom. The van der Waals surface area contributed by atoms with Crippen LogP contribution in [0.5, 0.6) is 11.5 Å². The lowest BCUT2D eigenvalue weighted by molar-refractivity contribution is 0.0605. The van der Waals surface area contributed by atoms with Gasteiger partial charge in [-0.05, 0) is 19.8 Å². The Morgan fingerprint density at radius 2 is 2.15 bits per heavy atom. The van der Waals surface area contributed by atoms with Crippen LogP contribution in [0, 0.1) is 6.92 Å². The number of carbonyl (C=O) groups is 1. The Hall–Kier alpha value is -3.03. The molecule has 2 bridgehead atoms. The highest BCUT2D eigenvalue weighted by Gasteiger charge is 2.45. The smallest absolute Gasteiger partial charge is 0.294 e. The summed E-state index contributed by atoms with van der Waals surface area (Å²) in [7, 11) is 3.02. The van der Waals surface area contributed by atoms with E-state index < -0.39 is 0 Å². The van der Waals surface area contributed by atoms with Crippen LogP contribution in [-0.2, 0) is 6.42 Å². The molecule has 2 aliphatic heterocycles. The van der Waals surface area contributed by atoms with E-state index in [1.807, 2.05) is 28.6 Å². The molecule has 5 heterocycles. The Bertz CT molecular complexity index is 1050. The molecule has 0 aromatic carbocycles. The third kappa shape index (κ3) is 2.19. The second-order valence-corrected chi connectivity index (χ2v) is 7.05. The molecule has 2 atom stereocenters. The Labute approximate surface area is 155 Å². The number of rotatable bonds is 3. The summed E-state index contributed by atoms with van der Waals surface area (Å²) in [5.74, 6) is 0.758. The molecule has 5 rings (SSSR count). The van der Waals surface area contributed by atoms with Crippen LogP contribution in [0.3, 0.4) is 0 Å². The zero-order valence-corrected chi connectivity index (χ0v) is 15.4. The van der Waals surface area contributed by atoms with E-state index in [0.29, 0.717) is 11.5 Å². The van der Waals surface area contributed by atoms with Crippen LogP contribution in [0.2, 0.25) is 0 Å². The fraction of sp³-hybridized carbons (Fsp3) is 0.421. The lowest BCUT2D eigenvalue weighted by Crippen LogP contribution is -2.42. The third-order valence-electron chi connectivity index (χ3n) is 5.59. The average molecular weight is 368 g/mol. The molecule has 1 amide bonds. The topological polar surface area (TPSA) is 82.1 Å². The fourth-order valence-corrected chi connectivity index (χ4v) is 4.44. The second-order valence-electron chi connectivity index (χ2n) is 7.05. The van der Waals surface area contributed by atoms with Crippen molar-refractivity contribution in [2.24, 2.45) is 0 Å². The molecule has 27 heavy (non-hydrogen) atoms. The molecule has 1 saturated heterocycles. The van der Waals surface area contributed by atoms with Crippen LogP contribution < -0.4 is 9.47 Å². The summed E-state index contributed by atoms with van der Waals surface area (Å²) in [6.45, 7) is 1.96. The van der Waals surface area contributed by atoms with Gasteiger partial charge in [0.2, 0.25) is 11.5 Å². The van der Waals surface area contributed by atoms with Crippen LogP contribution in [0.1, 0.15) is 46.4 Å². The molecule has 0 spiro atoms. The van der Waals surface area contributed by atoms with Gasteiger partial charge in [-0.1, -0.05) is 0 Å². The fourth-order valence-electron chi connectivity index (χ4n) is 4.44. The van der Waals surface area contributed by atoms with Crippen LogP contribution in [0.25, 0.3) is 5.65 Å². The maximum atomic E-state index is 13.3. The monoisotopic (exact) mass is 368 g/mol. The van der Waals surface area contributed by atoms with Gasteiger partial charge in [0.05, 0.1) is 31.6 Å². The average Bonchev–Trinajstić information content (AvgIpc) is 3.34. The minimum Gasteiger partial charge on any atom is -0.490 e. The maximum absolute atomic E-state index is 13.3. The largest absolute Gasteiger partial charge is 0.490 e. The molecule has 0 N–H and O–H groups in total. The molecule has 3 aromatic heterocycles. The number of furan rings is 1. The molecule has 8 heteroatoms. The number of fused-ring (bicyclic) bond motifs is 6. The molecule has 8 nitrogen and oxygen atoms in total. The lowest BCUT2D eigenvalue weighted by atomic mass is 9.98. The van der Waals surface area contributed by atoms with E-state index in [-0.39, 0.29) is 23.8 Å². The van der Waals surface area contributed by atoms with Crippen LogP contribution in [0.4, 0.5) is 0 Å². The molecule has 2 aliphatic rings. The molecule has 2 unspecified atom stereocenters. The molecule has 140 valence electrons. The van der Waals surface area contributed by atoms with Gasteiger partial charge in [0.1, 0.15) is 6.26 Å². The van der Waals surface area contributed by atoms with E-state index >= 15 is 0 Å². The number of aryl methyl sites for hydroxylation is 1.